The molecule has 1 aromatic rings. The Balaban J connectivity index is 3.16. The first-order chi connectivity index (χ1) is 9.58. The van der Waals surface area contributed by atoms with Gasteiger partial charge in [0, 0.05) is 13.7 Å². The zero-order chi connectivity index (χ0) is 16.3. The minimum atomic E-state index is -4.72. The maximum absolute atomic E-state index is 13.0. The predicted molar refractivity (Wildman–Crippen MR) is 68.1 cm³/mol. The van der Waals surface area contributed by atoms with Crippen molar-refractivity contribution in [1.29, 1.82) is 0 Å². The van der Waals surface area contributed by atoms with E-state index >= 15 is 0 Å². The molecule has 0 aliphatic carbocycles. The summed E-state index contributed by atoms with van der Waals surface area (Å²) in [5.74, 6) is -0.866. The first-order valence-electron chi connectivity index (χ1n) is 5.59. The van der Waals surface area contributed by atoms with E-state index in [1.165, 1.54) is 7.11 Å². The van der Waals surface area contributed by atoms with Crippen LogP contribution in [0.1, 0.15) is 0 Å². The smallest absolute Gasteiger partial charge is 0.383 e. The molecule has 0 spiro atoms. The zero-order valence-corrected chi connectivity index (χ0v) is 12.4. The third-order valence-electron chi connectivity index (χ3n) is 2.43. The lowest BCUT2D eigenvalue weighted by Gasteiger charge is -2.23. The highest BCUT2D eigenvalue weighted by Crippen LogP contribution is 2.25. The van der Waals surface area contributed by atoms with E-state index in [2.05, 4.69) is 4.74 Å². The largest absolute Gasteiger partial charge is 0.402 e. The van der Waals surface area contributed by atoms with Gasteiger partial charge in [-0.1, -0.05) is 11.6 Å². The third-order valence-corrected chi connectivity index (χ3v) is 4.56. The number of hydrogen-bond acceptors (Lipinski definition) is 3. The van der Waals surface area contributed by atoms with Crippen LogP contribution in [-0.2, 0) is 14.8 Å². The first-order valence-corrected chi connectivity index (χ1v) is 7.40. The molecule has 0 heterocycles. The summed E-state index contributed by atoms with van der Waals surface area (Å²) >= 11 is 5.46. The molecule has 0 unspecified atom stereocenters. The molecule has 1 rings (SSSR count). The van der Waals surface area contributed by atoms with Crippen LogP contribution in [0.3, 0.4) is 0 Å². The Bertz CT molecular complexity index is 592. The summed E-state index contributed by atoms with van der Waals surface area (Å²) in [4.78, 5) is -0.519. The Morgan fingerprint density at radius 1 is 1.33 bits per heavy atom. The molecule has 0 aliphatic rings. The van der Waals surface area contributed by atoms with Crippen LogP contribution in [0.5, 0.6) is 0 Å². The Morgan fingerprint density at radius 3 is 2.43 bits per heavy atom. The number of sulfonamides is 1. The standard InChI is InChI=1S/C11H12ClF4NO3S/c1-20-5-4-17(7-11(14,15)16)21(18,19)8-2-3-10(13)9(12)6-8/h2-3,6H,4-5,7H2,1H3. The van der Waals surface area contributed by atoms with E-state index in [4.69, 9.17) is 11.6 Å². The fourth-order valence-electron chi connectivity index (χ4n) is 1.46. The number of ether oxygens (including phenoxy) is 1. The van der Waals surface area contributed by atoms with Gasteiger partial charge in [-0.3, -0.25) is 0 Å². The second kappa shape index (κ2) is 6.91. The molecule has 0 saturated heterocycles. The lowest BCUT2D eigenvalue weighted by Crippen LogP contribution is -2.40. The number of methoxy groups -OCH3 is 1. The van der Waals surface area contributed by atoms with Crippen LogP contribution < -0.4 is 0 Å². The third kappa shape index (κ3) is 5.10. The van der Waals surface area contributed by atoms with Crippen molar-refractivity contribution in [3.05, 3.63) is 29.0 Å². The van der Waals surface area contributed by atoms with Gasteiger partial charge in [-0.2, -0.15) is 17.5 Å². The van der Waals surface area contributed by atoms with Crippen molar-refractivity contribution < 1.29 is 30.7 Å². The molecule has 10 heteroatoms. The zero-order valence-electron chi connectivity index (χ0n) is 10.8. The lowest BCUT2D eigenvalue weighted by molar-refractivity contribution is -0.136. The Hall–Kier alpha value is -0.900. The van der Waals surface area contributed by atoms with Crippen LogP contribution in [0.25, 0.3) is 0 Å². The molecule has 21 heavy (non-hydrogen) atoms. The molecule has 0 radical (unpaired) electrons. The van der Waals surface area contributed by atoms with Gasteiger partial charge in [0.05, 0.1) is 16.5 Å². The van der Waals surface area contributed by atoms with E-state index in [0.29, 0.717) is 0 Å². The minimum Gasteiger partial charge on any atom is -0.383 e. The lowest BCUT2D eigenvalue weighted by atomic mass is 10.3. The van der Waals surface area contributed by atoms with E-state index in [0.717, 1.165) is 18.2 Å². The van der Waals surface area contributed by atoms with Crippen molar-refractivity contribution >= 4 is 21.6 Å². The van der Waals surface area contributed by atoms with Gasteiger partial charge in [0.2, 0.25) is 10.0 Å². The Morgan fingerprint density at radius 2 is 1.95 bits per heavy atom. The first kappa shape index (κ1) is 18.1. The van der Waals surface area contributed by atoms with Crippen molar-refractivity contribution in [2.24, 2.45) is 0 Å². The number of rotatable bonds is 6. The molecule has 0 fully saturated rings. The molecule has 0 N–H and O–H groups in total. The maximum atomic E-state index is 13.0. The SMILES string of the molecule is COCCN(CC(F)(F)F)S(=O)(=O)c1ccc(F)c(Cl)c1. The number of nitrogens with zero attached hydrogens (tertiary/aromatic N) is 1. The van der Waals surface area contributed by atoms with Crippen LogP contribution >= 0.6 is 11.6 Å². The van der Waals surface area contributed by atoms with E-state index in [9.17, 15) is 26.0 Å². The van der Waals surface area contributed by atoms with Gasteiger partial charge in [0.15, 0.2) is 0 Å². The van der Waals surface area contributed by atoms with E-state index in [1.54, 1.807) is 0 Å². The van der Waals surface area contributed by atoms with Crippen molar-refractivity contribution in [2.75, 3.05) is 26.8 Å². The second-order valence-electron chi connectivity index (χ2n) is 4.02. The monoisotopic (exact) mass is 349 g/mol. The Kier molecular flexibility index (Phi) is 5.97. The second-order valence-corrected chi connectivity index (χ2v) is 6.37. The minimum absolute atomic E-state index is 0.208. The van der Waals surface area contributed by atoms with E-state index in [-0.39, 0.29) is 10.9 Å². The topological polar surface area (TPSA) is 46.6 Å². The molecule has 0 aromatic heterocycles. The quantitative estimate of drug-likeness (QED) is 0.742. The summed E-state index contributed by atoms with van der Waals surface area (Å²) in [5, 5.41) is -0.491. The fourth-order valence-corrected chi connectivity index (χ4v) is 3.15. The number of hydrogen-bond donors (Lipinski definition) is 0. The maximum Gasteiger partial charge on any atom is 0.402 e. The van der Waals surface area contributed by atoms with E-state index in [1.807, 2.05) is 0 Å². The summed E-state index contributed by atoms with van der Waals surface area (Å²) in [6.45, 7) is -2.38. The average molecular weight is 350 g/mol. The van der Waals surface area contributed by atoms with Crippen LogP contribution in [0.2, 0.25) is 5.02 Å². The van der Waals surface area contributed by atoms with Gasteiger partial charge < -0.3 is 4.74 Å². The molecule has 4 nitrogen and oxygen atoms in total. The normalized spacial score (nSPS) is 12.9. The Labute approximate surface area is 124 Å². The van der Waals surface area contributed by atoms with Gasteiger partial charge in [-0.15, -0.1) is 0 Å². The summed E-state index contributed by atoms with van der Waals surface area (Å²) in [6.07, 6.45) is -4.72. The number of alkyl halides is 3. The fraction of sp³-hybridized carbons (Fsp3) is 0.455. The molecule has 1 aromatic carbocycles. The molecular formula is C11H12ClF4NO3S. The number of benzene rings is 1. The molecule has 0 bridgehead atoms. The molecular weight excluding hydrogens is 338 g/mol. The van der Waals surface area contributed by atoms with Gasteiger partial charge in [-0.05, 0) is 18.2 Å². The summed E-state index contributed by atoms with van der Waals surface area (Å²) in [6, 6.07) is 2.40. The highest BCUT2D eigenvalue weighted by Gasteiger charge is 2.37. The summed E-state index contributed by atoms with van der Waals surface area (Å²) in [7, 11) is -3.23. The van der Waals surface area contributed by atoms with Crippen LogP contribution in [-0.4, -0.2) is 45.7 Å². The van der Waals surface area contributed by atoms with E-state index < -0.39 is 45.0 Å². The molecule has 0 aliphatic heterocycles. The highest BCUT2D eigenvalue weighted by molar-refractivity contribution is 7.89. The van der Waals surface area contributed by atoms with Crippen LogP contribution in [0.15, 0.2) is 23.1 Å². The van der Waals surface area contributed by atoms with Crippen molar-refractivity contribution in [3.63, 3.8) is 0 Å². The van der Waals surface area contributed by atoms with Crippen molar-refractivity contribution in [2.45, 2.75) is 11.1 Å². The summed E-state index contributed by atoms with van der Waals surface area (Å²) in [5.41, 5.74) is 0. The molecule has 0 saturated carbocycles. The van der Waals surface area contributed by atoms with Crippen LogP contribution in [0.4, 0.5) is 17.6 Å². The summed E-state index contributed by atoms with van der Waals surface area (Å²) < 4.78 is 79.6. The number of halogens is 5. The van der Waals surface area contributed by atoms with Gasteiger partial charge in [0.1, 0.15) is 12.4 Å². The van der Waals surface area contributed by atoms with Gasteiger partial charge in [-0.25, -0.2) is 12.8 Å². The van der Waals surface area contributed by atoms with Crippen LogP contribution in [0, 0.1) is 5.82 Å². The van der Waals surface area contributed by atoms with Crippen molar-refractivity contribution in [3.8, 4) is 0 Å². The van der Waals surface area contributed by atoms with Crippen molar-refractivity contribution in [1.82, 2.24) is 4.31 Å². The highest BCUT2D eigenvalue weighted by atomic mass is 35.5. The molecule has 0 atom stereocenters. The van der Waals surface area contributed by atoms with Gasteiger partial charge >= 0.3 is 6.18 Å². The molecule has 120 valence electrons. The average Bonchev–Trinajstić information content (AvgIpc) is 2.36. The molecule has 0 amide bonds. The predicted octanol–water partition coefficient (Wildman–Crippen LogP) is 2.68. The van der Waals surface area contributed by atoms with Gasteiger partial charge in [0.25, 0.3) is 0 Å².